The summed E-state index contributed by atoms with van der Waals surface area (Å²) in [6, 6.07) is 22.1. The minimum absolute atomic E-state index is 0.240. The first-order valence-corrected chi connectivity index (χ1v) is 12.1. The second-order valence-electron chi connectivity index (χ2n) is 8.36. The Morgan fingerprint density at radius 1 is 0.775 bits per heavy atom. The molecule has 0 aromatic heterocycles. The van der Waals surface area contributed by atoms with Gasteiger partial charge in [-0.05, 0) is 59.3 Å². The molecule has 10 nitrogen and oxygen atoms in total. The summed E-state index contributed by atoms with van der Waals surface area (Å²) in [5, 5.41) is 8.21. The molecule has 0 spiro atoms. The molecule has 0 aliphatic rings. The first-order chi connectivity index (χ1) is 19.4. The van der Waals surface area contributed by atoms with Crippen LogP contribution < -0.4 is 29.7 Å². The minimum Gasteiger partial charge on any atom is -0.497 e. The molecule has 0 aliphatic carbocycles. The van der Waals surface area contributed by atoms with E-state index in [0.717, 1.165) is 10.8 Å². The van der Waals surface area contributed by atoms with Gasteiger partial charge in [0.25, 0.3) is 11.8 Å². The maximum atomic E-state index is 13.0. The van der Waals surface area contributed by atoms with Crippen LogP contribution in [0.5, 0.6) is 23.0 Å². The number of rotatable bonds is 10. The van der Waals surface area contributed by atoms with Crippen LogP contribution in [0.2, 0.25) is 0 Å². The van der Waals surface area contributed by atoms with Crippen molar-refractivity contribution in [2.45, 2.75) is 0 Å². The number of fused-ring (bicyclic) bond motifs is 1. The fraction of sp³-hybridized carbons (Fsp3) is 0.133. The van der Waals surface area contributed by atoms with Crippen molar-refractivity contribution < 1.29 is 33.3 Å². The summed E-state index contributed by atoms with van der Waals surface area (Å²) in [5.74, 6) is 0.154. The Morgan fingerprint density at radius 2 is 1.48 bits per heavy atom. The lowest BCUT2D eigenvalue weighted by atomic mass is 10.0. The Labute approximate surface area is 230 Å². The summed E-state index contributed by atoms with van der Waals surface area (Å²) in [5.41, 5.74) is 3.51. The normalized spacial score (nSPS) is 10.7. The van der Waals surface area contributed by atoms with Gasteiger partial charge in [-0.25, -0.2) is 10.2 Å². The molecule has 0 radical (unpaired) electrons. The number of esters is 1. The number of ether oxygens (including phenoxy) is 4. The van der Waals surface area contributed by atoms with Crippen LogP contribution in [0, 0.1) is 0 Å². The van der Waals surface area contributed by atoms with Crippen molar-refractivity contribution in [3.05, 3.63) is 95.6 Å². The van der Waals surface area contributed by atoms with E-state index in [-0.39, 0.29) is 17.9 Å². The van der Waals surface area contributed by atoms with Crippen molar-refractivity contribution in [1.29, 1.82) is 0 Å². The largest absolute Gasteiger partial charge is 0.497 e. The van der Waals surface area contributed by atoms with Gasteiger partial charge in [-0.3, -0.25) is 9.59 Å². The molecular formula is C30H27N3O7. The summed E-state index contributed by atoms with van der Waals surface area (Å²) in [4.78, 5) is 37.6. The van der Waals surface area contributed by atoms with Crippen LogP contribution in [0.4, 0.5) is 0 Å². The van der Waals surface area contributed by atoms with Crippen molar-refractivity contribution in [3.8, 4) is 23.0 Å². The van der Waals surface area contributed by atoms with Gasteiger partial charge in [-0.15, -0.1) is 0 Å². The maximum absolute atomic E-state index is 13.0. The fourth-order valence-electron chi connectivity index (χ4n) is 3.83. The monoisotopic (exact) mass is 541 g/mol. The Kier molecular flexibility index (Phi) is 8.93. The van der Waals surface area contributed by atoms with Crippen LogP contribution in [0.1, 0.15) is 26.3 Å². The third-order valence-corrected chi connectivity index (χ3v) is 5.90. The standard InChI is InChI=1S/C30H27N3O7/c1-37-22-12-8-20(9-13-22)29(35)31-18-28(34)33-32-17-24-23-7-5-4-6-19(23)10-14-25(24)40-30(36)21-11-15-26(38-2)27(16-21)39-3/h4-17H,18H2,1-3H3,(H,31,35)(H,33,34)/b32-17+. The molecule has 0 heterocycles. The Hall–Kier alpha value is -5.38. The van der Waals surface area contributed by atoms with Crippen molar-refractivity contribution in [1.82, 2.24) is 10.7 Å². The predicted molar refractivity (Wildman–Crippen MR) is 150 cm³/mol. The van der Waals surface area contributed by atoms with E-state index < -0.39 is 17.8 Å². The van der Waals surface area contributed by atoms with Crippen LogP contribution in [-0.2, 0) is 4.79 Å². The van der Waals surface area contributed by atoms with Gasteiger partial charge in [0, 0.05) is 11.1 Å². The lowest BCUT2D eigenvalue weighted by Gasteiger charge is -2.12. The highest BCUT2D eigenvalue weighted by atomic mass is 16.5. The molecule has 4 aromatic carbocycles. The lowest BCUT2D eigenvalue weighted by Crippen LogP contribution is -2.34. The van der Waals surface area contributed by atoms with Gasteiger partial charge < -0.3 is 24.3 Å². The van der Waals surface area contributed by atoms with E-state index in [1.807, 2.05) is 30.3 Å². The second-order valence-corrected chi connectivity index (χ2v) is 8.36. The van der Waals surface area contributed by atoms with Gasteiger partial charge in [0.05, 0.1) is 39.7 Å². The molecule has 0 bridgehead atoms. The molecular weight excluding hydrogens is 514 g/mol. The maximum Gasteiger partial charge on any atom is 0.343 e. The summed E-state index contributed by atoms with van der Waals surface area (Å²) in [7, 11) is 4.51. The number of nitrogens with one attached hydrogen (secondary N) is 2. The molecule has 0 saturated heterocycles. The number of benzene rings is 4. The molecule has 40 heavy (non-hydrogen) atoms. The van der Waals surface area contributed by atoms with Crippen molar-refractivity contribution in [2.75, 3.05) is 27.9 Å². The third kappa shape index (κ3) is 6.54. The topological polar surface area (TPSA) is 125 Å². The van der Waals surface area contributed by atoms with Crippen LogP contribution in [0.25, 0.3) is 10.8 Å². The number of hydrogen-bond donors (Lipinski definition) is 2. The molecule has 4 aromatic rings. The van der Waals surface area contributed by atoms with E-state index >= 15 is 0 Å². The van der Waals surface area contributed by atoms with Gasteiger partial charge in [-0.2, -0.15) is 5.10 Å². The number of hydrazone groups is 1. The summed E-state index contributed by atoms with van der Waals surface area (Å²) in [6.07, 6.45) is 1.39. The van der Waals surface area contributed by atoms with Gasteiger partial charge >= 0.3 is 5.97 Å². The highest BCUT2D eigenvalue weighted by Gasteiger charge is 2.16. The van der Waals surface area contributed by atoms with Crippen molar-refractivity contribution in [2.24, 2.45) is 5.10 Å². The number of hydrogen-bond acceptors (Lipinski definition) is 8. The molecule has 0 atom stereocenters. The number of carbonyl (C=O) groups is 3. The molecule has 2 N–H and O–H groups in total. The SMILES string of the molecule is COc1ccc(C(=O)NCC(=O)N/N=C/c2c(OC(=O)c3ccc(OC)c(OC)c3)ccc3ccccc23)cc1. The summed E-state index contributed by atoms with van der Waals surface area (Å²) < 4.78 is 21.3. The van der Waals surface area contributed by atoms with Crippen LogP contribution >= 0.6 is 0 Å². The van der Waals surface area contributed by atoms with E-state index in [0.29, 0.717) is 28.4 Å². The number of methoxy groups -OCH3 is 3. The van der Waals surface area contributed by atoms with Crippen molar-refractivity contribution >= 4 is 34.8 Å². The highest BCUT2D eigenvalue weighted by Crippen LogP contribution is 2.30. The summed E-state index contributed by atoms with van der Waals surface area (Å²) >= 11 is 0. The highest BCUT2D eigenvalue weighted by molar-refractivity contribution is 6.04. The van der Waals surface area contributed by atoms with E-state index in [1.54, 1.807) is 42.5 Å². The quantitative estimate of drug-likeness (QED) is 0.135. The zero-order valence-corrected chi connectivity index (χ0v) is 22.1. The number of nitrogens with zero attached hydrogens (tertiary/aromatic N) is 1. The average Bonchev–Trinajstić information content (AvgIpc) is 3.00. The van der Waals surface area contributed by atoms with E-state index in [1.165, 1.54) is 33.6 Å². The smallest absolute Gasteiger partial charge is 0.343 e. The first-order valence-electron chi connectivity index (χ1n) is 12.1. The zero-order valence-electron chi connectivity index (χ0n) is 22.1. The summed E-state index contributed by atoms with van der Waals surface area (Å²) in [6.45, 7) is -0.293. The third-order valence-electron chi connectivity index (χ3n) is 5.90. The lowest BCUT2D eigenvalue weighted by molar-refractivity contribution is -0.120. The molecule has 10 heteroatoms. The molecule has 4 rings (SSSR count). The molecule has 2 amide bonds. The van der Waals surface area contributed by atoms with E-state index in [4.69, 9.17) is 18.9 Å². The van der Waals surface area contributed by atoms with Gasteiger partial charge in [-0.1, -0.05) is 30.3 Å². The molecule has 0 saturated carbocycles. The molecule has 0 fully saturated rings. The minimum atomic E-state index is -0.615. The zero-order chi connectivity index (χ0) is 28.5. The number of carbonyl (C=O) groups excluding carboxylic acids is 3. The van der Waals surface area contributed by atoms with Gasteiger partial charge in [0.2, 0.25) is 0 Å². The van der Waals surface area contributed by atoms with E-state index in [9.17, 15) is 14.4 Å². The molecule has 0 aliphatic heterocycles. The van der Waals surface area contributed by atoms with Gasteiger partial charge in [0.15, 0.2) is 11.5 Å². The van der Waals surface area contributed by atoms with Gasteiger partial charge in [0.1, 0.15) is 11.5 Å². The average molecular weight is 542 g/mol. The fourth-order valence-corrected chi connectivity index (χ4v) is 3.83. The molecule has 0 unspecified atom stereocenters. The first kappa shape index (κ1) is 27.6. The number of amides is 2. The van der Waals surface area contributed by atoms with Crippen LogP contribution in [0.3, 0.4) is 0 Å². The molecule has 204 valence electrons. The Bertz CT molecular complexity index is 1570. The van der Waals surface area contributed by atoms with Crippen molar-refractivity contribution in [3.63, 3.8) is 0 Å². The second kappa shape index (κ2) is 12.9. The Morgan fingerprint density at radius 3 is 2.20 bits per heavy atom. The predicted octanol–water partition coefficient (Wildman–Crippen LogP) is 3.96. The Balaban J connectivity index is 1.47. The van der Waals surface area contributed by atoms with Crippen LogP contribution in [0.15, 0.2) is 84.0 Å². The van der Waals surface area contributed by atoms with Crippen LogP contribution in [-0.4, -0.2) is 51.9 Å². The van der Waals surface area contributed by atoms with E-state index in [2.05, 4.69) is 15.8 Å².